The topological polar surface area (TPSA) is 167 Å². The van der Waals surface area contributed by atoms with E-state index in [2.05, 4.69) is 24.4 Å². The molecule has 0 saturated carbocycles. The standard InChI is InChI=1S/C9H11NO3.2C8H9NO3/c1-12-6-8-5-7(3-4-10-8)9(11)13-2;1-12-5-7-4-6(8(10)11)2-3-9-7;1-12-8(11)6-2-3-9-7(4-6)5-10/h3-5H,6H2,1-2H3;2-4H,5H2,1H3,(H,10,11);2-4,10H,5H2,1H3. The van der Waals surface area contributed by atoms with Crippen LogP contribution in [0, 0.1) is 0 Å². The highest BCUT2D eigenvalue weighted by Gasteiger charge is 2.06. The Morgan fingerprint density at radius 1 is 0.676 bits per heavy atom. The molecule has 3 rings (SSSR count). The molecule has 0 spiro atoms. The number of aliphatic hydroxyl groups excluding tert-OH is 1. The highest BCUT2D eigenvalue weighted by Crippen LogP contribution is 2.05. The fraction of sp³-hybridized carbons (Fsp3) is 0.280. The van der Waals surface area contributed by atoms with Crippen LogP contribution in [-0.4, -0.2) is 71.5 Å². The third kappa shape index (κ3) is 11.3. The average Bonchev–Trinajstić information content (AvgIpc) is 2.93. The van der Waals surface area contributed by atoms with Gasteiger partial charge in [0.1, 0.15) is 0 Å². The van der Waals surface area contributed by atoms with Crippen molar-refractivity contribution in [2.45, 2.75) is 19.8 Å². The quantitative estimate of drug-likeness (QED) is 0.421. The molecule has 0 radical (unpaired) electrons. The summed E-state index contributed by atoms with van der Waals surface area (Å²) in [6.45, 7) is 0.552. The van der Waals surface area contributed by atoms with Crippen LogP contribution < -0.4 is 0 Å². The molecule has 0 bridgehead atoms. The van der Waals surface area contributed by atoms with E-state index in [9.17, 15) is 14.4 Å². The highest BCUT2D eigenvalue weighted by molar-refractivity contribution is 5.89. The summed E-state index contributed by atoms with van der Waals surface area (Å²) in [5.41, 5.74) is 2.92. The van der Waals surface area contributed by atoms with Gasteiger partial charge in [0.2, 0.25) is 0 Å². The summed E-state index contributed by atoms with van der Waals surface area (Å²) in [4.78, 5) is 44.3. The highest BCUT2D eigenvalue weighted by atomic mass is 16.5. The molecule has 37 heavy (non-hydrogen) atoms. The number of hydrogen-bond acceptors (Lipinski definition) is 11. The van der Waals surface area contributed by atoms with Crippen molar-refractivity contribution < 1.29 is 43.5 Å². The predicted octanol–water partition coefficient (Wildman–Crippen LogP) is 2.30. The number of pyridine rings is 3. The summed E-state index contributed by atoms with van der Waals surface area (Å²) < 4.78 is 18.7. The van der Waals surface area contributed by atoms with Crippen molar-refractivity contribution >= 4 is 17.9 Å². The van der Waals surface area contributed by atoms with Gasteiger partial charge in [0, 0.05) is 32.8 Å². The molecule has 0 aliphatic carbocycles. The van der Waals surface area contributed by atoms with Gasteiger partial charge >= 0.3 is 17.9 Å². The van der Waals surface area contributed by atoms with Crippen LogP contribution in [0.2, 0.25) is 0 Å². The Labute approximate surface area is 213 Å². The molecular weight excluding hydrogens is 486 g/mol. The molecule has 0 atom stereocenters. The zero-order chi connectivity index (χ0) is 27.6. The maximum Gasteiger partial charge on any atom is 0.337 e. The lowest BCUT2D eigenvalue weighted by Crippen LogP contribution is -2.03. The molecule has 0 unspecified atom stereocenters. The number of aromatic nitrogens is 3. The van der Waals surface area contributed by atoms with Gasteiger partial charge in [-0.3, -0.25) is 15.0 Å². The second-order valence-corrected chi connectivity index (χ2v) is 6.92. The van der Waals surface area contributed by atoms with Gasteiger partial charge in [-0.15, -0.1) is 0 Å². The van der Waals surface area contributed by atoms with Crippen LogP contribution >= 0.6 is 0 Å². The van der Waals surface area contributed by atoms with Crippen molar-refractivity contribution in [3.05, 3.63) is 88.8 Å². The number of carbonyl (C=O) groups excluding carboxylic acids is 2. The predicted molar refractivity (Wildman–Crippen MR) is 130 cm³/mol. The van der Waals surface area contributed by atoms with E-state index < -0.39 is 11.9 Å². The van der Waals surface area contributed by atoms with Gasteiger partial charge in [-0.05, 0) is 36.4 Å². The van der Waals surface area contributed by atoms with Crippen LogP contribution in [0.4, 0.5) is 0 Å². The van der Waals surface area contributed by atoms with E-state index in [0.717, 1.165) is 0 Å². The Morgan fingerprint density at radius 2 is 1.05 bits per heavy atom. The first kappa shape index (κ1) is 30.8. The number of carboxylic acids is 1. The van der Waals surface area contributed by atoms with Crippen LogP contribution in [0.3, 0.4) is 0 Å². The summed E-state index contributed by atoms with van der Waals surface area (Å²) in [7, 11) is 5.77. The normalized spacial score (nSPS) is 9.65. The summed E-state index contributed by atoms with van der Waals surface area (Å²) in [5.74, 6) is -1.73. The zero-order valence-electron chi connectivity index (χ0n) is 20.9. The summed E-state index contributed by atoms with van der Waals surface area (Å²) in [6.07, 6.45) is 4.47. The molecule has 0 aliphatic rings. The van der Waals surface area contributed by atoms with E-state index in [0.29, 0.717) is 41.4 Å². The van der Waals surface area contributed by atoms with E-state index >= 15 is 0 Å². The van der Waals surface area contributed by atoms with Crippen LogP contribution in [0.1, 0.15) is 48.2 Å². The van der Waals surface area contributed by atoms with E-state index in [4.69, 9.17) is 19.7 Å². The van der Waals surface area contributed by atoms with Crippen molar-refractivity contribution in [3.63, 3.8) is 0 Å². The van der Waals surface area contributed by atoms with Crippen molar-refractivity contribution in [1.29, 1.82) is 0 Å². The summed E-state index contributed by atoms with van der Waals surface area (Å²) >= 11 is 0. The second-order valence-electron chi connectivity index (χ2n) is 6.92. The number of carbonyl (C=O) groups is 3. The summed E-state index contributed by atoms with van der Waals surface area (Å²) in [5, 5.41) is 17.3. The first-order valence-corrected chi connectivity index (χ1v) is 10.6. The van der Waals surface area contributed by atoms with E-state index in [1.165, 1.54) is 58.0 Å². The number of carboxylic acid groups (broad SMARTS) is 1. The molecule has 3 aromatic heterocycles. The third-order valence-electron chi connectivity index (χ3n) is 4.29. The number of nitrogens with zero attached hydrogens (tertiary/aromatic N) is 3. The number of methoxy groups -OCH3 is 4. The average molecular weight is 516 g/mol. The number of rotatable bonds is 8. The van der Waals surface area contributed by atoms with Gasteiger partial charge in [0.25, 0.3) is 0 Å². The monoisotopic (exact) mass is 515 g/mol. The van der Waals surface area contributed by atoms with Crippen molar-refractivity contribution in [2.75, 3.05) is 28.4 Å². The molecule has 0 aromatic carbocycles. The fourth-order valence-corrected chi connectivity index (χ4v) is 2.60. The smallest absolute Gasteiger partial charge is 0.337 e. The molecule has 3 heterocycles. The maximum absolute atomic E-state index is 11.1. The first-order valence-electron chi connectivity index (χ1n) is 10.6. The maximum atomic E-state index is 11.1. The number of hydrogen-bond donors (Lipinski definition) is 2. The minimum absolute atomic E-state index is 0.176. The van der Waals surface area contributed by atoms with Crippen molar-refractivity contribution in [2.24, 2.45) is 0 Å². The van der Waals surface area contributed by atoms with Gasteiger partial charge in [-0.2, -0.15) is 0 Å². The van der Waals surface area contributed by atoms with E-state index in [1.54, 1.807) is 25.4 Å². The minimum atomic E-state index is -0.949. The fourth-order valence-electron chi connectivity index (χ4n) is 2.60. The minimum Gasteiger partial charge on any atom is -0.478 e. The molecule has 0 aliphatic heterocycles. The molecular formula is C25H29N3O9. The van der Waals surface area contributed by atoms with Gasteiger partial charge in [0.15, 0.2) is 0 Å². The SMILES string of the molecule is COC(=O)c1ccnc(CO)c1.COCc1cc(C(=O)O)ccn1.COCc1cc(C(=O)OC)ccn1. The Morgan fingerprint density at radius 3 is 1.43 bits per heavy atom. The van der Waals surface area contributed by atoms with Crippen molar-refractivity contribution in [1.82, 2.24) is 15.0 Å². The Hall–Kier alpha value is -4.26. The zero-order valence-corrected chi connectivity index (χ0v) is 20.9. The van der Waals surface area contributed by atoms with Crippen LogP contribution in [-0.2, 0) is 38.8 Å². The lowest BCUT2D eigenvalue weighted by Gasteiger charge is -2.01. The molecule has 0 amide bonds. The molecule has 198 valence electrons. The molecule has 0 fully saturated rings. The second kappa shape index (κ2) is 17.2. The lowest BCUT2D eigenvalue weighted by molar-refractivity contribution is 0.0591. The first-order chi connectivity index (χ1) is 17.8. The molecule has 2 N–H and O–H groups in total. The van der Waals surface area contributed by atoms with Gasteiger partial charge in [-0.1, -0.05) is 0 Å². The Kier molecular flexibility index (Phi) is 14.3. The molecule has 0 saturated heterocycles. The van der Waals surface area contributed by atoms with Crippen LogP contribution in [0.5, 0.6) is 0 Å². The van der Waals surface area contributed by atoms with Crippen LogP contribution in [0.15, 0.2) is 55.0 Å². The molecule has 12 heteroatoms. The molecule has 12 nitrogen and oxygen atoms in total. The lowest BCUT2D eigenvalue weighted by atomic mass is 10.2. The number of ether oxygens (including phenoxy) is 4. The Bertz CT molecular complexity index is 1160. The number of esters is 2. The van der Waals surface area contributed by atoms with E-state index in [1.807, 2.05) is 0 Å². The van der Waals surface area contributed by atoms with Gasteiger partial charge in [0.05, 0.1) is 67.8 Å². The Balaban J connectivity index is 0.000000278. The van der Waals surface area contributed by atoms with Gasteiger partial charge in [-0.25, -0.2) is 14.4 Å². The number of aromatic carboxylic acids is 1. The van der Waals surface area contributed by atoms with Crippen molar-refractivity contribution in [3.8, 4) is 0 Å². The number of aliphatic hydroxyl groups is 1. The third-order valence-corrected chi connectivity index (χ3v) is 4.29. The van der Waals surface area contributed by atoms with E-state index in [-0.39, 0.29) is 18.1 Å². The molecule has 3 aromatic rings. The van der Waals surface area contributed by atoms with Crippen LogP contribution in [0.25, 0.3) is 0 Å². The summed E-state index contributed by atoms with van der Waals surface area (Å²) in [6, 6.07) is 9.21. The van der Waals surface area contributed by atoms with Gasteiger partial charge < -0.3 is 29.2 Å². The largest absolute Gasteiger partial charge is 0.478 e.